The average Bonchev–Trinajstić information content (AvgIpc) is 2.96. The van der Waals surface area contributed by atoms with E-state index in [-0.39, 0.29) is 10.8 Å². The number of halogens is 11. The first kappa shape index (κ1) is 31.4. The van der Waals surface area contributed by atoms with Crippen LogP contribution in [0.2, 0.25) is 19.6 Å². The zero-order chi connectivity index (χ0) is 31.3. The molecule has 220 valence electrons. The maximum Gasteiger partial charge on any atom is 0.423 e. The molecule has 0 fully saturated rings. The number of hydrogen-bond acceptors (Lipinski definition) is 0. The summed E-state index contributed by atoms with van der Waals surface area (Å²) >= 11 is 7.02. The van der Waals surface area contributed by atoms with Gasteiger partial charge in [0.05, 0.1) is 8.07 Å². The summed E-state index contributed by atoms with van der Waals surface area (Å²) in [7, 11) is -3.20. The second kappa shape index (κ2) is 11.3. The minimum absolute atomic E-state index is 0.0999. The van der Waals surface area contributed by atoms with Gasteiger partial charge in [0, 0.05) is 5.56 Å². The molecule has 0 saturated carbocycles. The summed E-state index contributed by atoms with van der Waals surface area (Å²) < 4.78 is 151. The lowest BCUT2D eigenvalue weighted by Crippen LogP contribution is -2.71. The van der Waals surface area contributed by atoms with Crippen LogP contribution in [0.1, 0.15) is 11.1 Å². The van der Waals surface area contributed by atoms with Gasteiger partial charge >= 0.3 is 5.70 Å². The first-order chi connectivity index (χ1) is 19.6. The van der Waals surface area contributed by atoms with Crippen LogP contribution in [0.25, 0.3) is 10.7 Å². The van der Waals surface area contributed by atoms with Crippen molar-refractivity contribution >= 4 is 41.4 Å². The highest BCUT2D eigenvalue weighted by molar-refractivity contribution is 7.33. The van der Waals surface area contributed by atoms with Gasteiger partial charge in [-0.25, -0.2) is 43.9 Å². The Morgan fingerprint density at radius 2 is 0.952 bits per heavy atom. The van der Waals surface area contributed by atoms with E-state index in [9.17, 15) is 26.3 Å². The molecular formula is C28H19BClF10NSi. The van der Waals surface area contributed by atoms with Crippen molar-refractivity contribution in [2.45, 2.75) is 19.6 Å². The van der Waals surface area contributed by atoms with Gasteiger partial charge in [-0.05, 0) is 23.2 Å². The summed E-state index contributed by atoms with van der Waals surface area (Å²) in [4.78, 5) is 0. The van der Waals surface area contributed by atoms with Gasteiger partial charge in [-0.15, -0.1) is 5.47 Å². The first-order valence-electron chi connectivity index (χ1n) is 12.2. The van der Waals surface area contributed by atoms with Crippen LogP contribution in [0.4, 0.5) is 43.9 Å². The molecule has 0 spiro atoms. The third-order valence-corrected chi connectivity index (χ3v) is 9.44. The van der Waals surface area contributed by atoms with Gasteiger partial charge in [0.15, 0.2) is 40.7 Å². The summed E-state index contributed by atoms with van der Waals surface area (Å²) in [5.41, 5.74) is -8.70. The zero-order valence-electron chi connectivity index (χ0n) is 22.0. The van der Waals surface area contributed by atoms with Crippen molar-refractivity contribution in [2.75, 3.05) is 0 Å². The highest BCUT2D eigenvalue weighted by atomic mass is 35.5. The lowest BCUT2D eigenvalue weighted by Gasteiger charge is -2.38. The lowest BCUT2D eigenvalue weighted by molar-refractivity contribution is -0.536. The van der Waals surface area contributed by atoms with E-state index in [2.05, 4.69) is 0 Å². The topological polar surface area (TPSA) is 3.88 Å². The van der Waals surface area contributed by atoms with Gasteiger partial charge in [0.1, 0.15) is 24.0 Å². The monoisotopic (exact) mass is 633 g/mol. The normalized spacial score (nSPS) is 14.0. The third-order valence-electron chi connectivity index (χ3n) is 6.72. The fraction of sp³-hybridized carbons (Fsp3) is 0.107. The Labute approximate surface area is 239 Å². The van der Waals surface area contributed by atoms with Crippen LogP contribution in [0.3, 0.4) is 0 Å². The standard InChI is InChI=1S/C28H19BClF10NSi/c1-42(2,3)28(14-10-6-4-7-11-14)16(15-18(31)22(35)26(39)23(36)19(15)32)29(30,41-12-8-5-9-13-41)17-20(33)24(37)27(40)25(38)21(17)34/h4-13H,1-3H3/b28-16-/t29-/m0/s1. The number of nitrogens with zero attached hydrogens (tertiary/aromatic N) is 1. The van der Waals surface area contributed by atoms with E-state index in [1.807, 2.05) is 0 Å². The van der Waals surface area contributed by atoms with Crippen molar-refractivity contribution in [3.63, 3.8) is 0 Å². The molecule has 1 nitrogen and oxygen atoms in total. The highest BCUT2D eigenvalue weighted by Gasteiger charge is 2.51. The number of aromatic nitrogens is 1. The predicted molar refractivity (Wildman–Crippen MR) is 142 cm³/mol. The lowest BCUT2D eigenvalue weighted by atomic mass is 9.45. The fourth-order valence-electron chi connectivity index (χ4n) is 5.00. The summed E-state index contributed by atoms with van der Waals surface area (Å²) in [6.07, 6.45) is 2.01. The molecule has 0 radical (unpaired) electrons. The molecule has 14 heteroatoms. The van der Waals surface area contributed by atoms with Gasteiger partial charge in [-0.3, -0.25) is 11.5 Å². The minimum atomic E-state index is -4.33. The second-order valence-electron chi connectivity index (χ2n) is 10.4. The van der Waals surface area contributed by atoms with Crippen LogP contribution in [0.5, 0.6) is 0 Å². The molecule has 4 rings (SSSR count). The molecule has 0 aliphatic rings. The minimum Gasteiger partial charge on any atom is -0.405 e. The van der Waals surface area contributed by atoms with E-state index in [1.54, 1.807) is 25.7 Å². The van der Waals surface area contributed by atoms with E-state index in [0.717, 1.165) is 16.9 Å². The zero-order valence-corrected chi connectivity index (χ0v) is 23.7. The molecule has 0 N–H and O–H groups in total. The van der Waals surface area contributed by atoms with Gasteiger partial charge in [0.2, 0.25) is 5.82 Å². The molecule has 3 aromatic carbocycles. The molecule has 0 aliphatic heterocycles. The molecule has 1 atom stereocenters. The molecule has 0 saturated heterocycles. The summed E-state index contributed by atoms with van der Waals surface area (Å²) in [5, 5.41) is -0.179. The Morgan fingerprint density at radius 3 is 1.38 bits per heavy atom. The molecular weight excluding hydrogens is 615 g/mol. The molecule has 0 bridgehead atoms. The van der Waals surface area contributed by atoms with Crippen molar-refractivity contribution < 1.29 is 48.4 Å². The largest absolute Gasteiger partial charge is 0.423 e. The van der Waals surface area contributed by atoms with Crippen molar-refractivity contribution in [3.8, 4) is 0 Å². The van der Waals surface area contributed by atoms with Crippen molar-refractivity contribution in [3.05, 3.63) is 130 Å². The van der Waals surface area contributed by atoms with Gasteiger partial charge in [-0.1, -0.05) is 61.2 Å². The van der Waals surface area contributed by atoms with Gasteiger partial charge in [0.25, 0.3) is 0 Å². The summed E-state index contributed by atoms with van der Waals surface area (Å²) in [5.74, 6) is -24.5. The van der Waals surface area contributed by atoms with Crippen LogP contribution in [-0.2, 0) is 0 Å². The third kappa shape index (κ3) is 4.92. The fourth-order valence-corrected chi connectivity index (χ4v) is 7.80. The van der Waals surface area contributed by atoms with Crippen molar-refractivity contribution in [1.82, 2.24) is 0 Å². The second-order valence-corrected chi connectivity index (χ2v) is 16.0. The Balaban J connectivity index is 2.45. The Bertz CT molecular complexity index is 1670. The van der Waals surface area contributed by atoms with Gasteiger partial charge in [-0.2, -0.15) is 0 Å². The van der Waals surface area contributed by atoms with Crippen LogP contribution in [0, 0.1) is 58.2 Å². The van der Waals surface area contributed by atoms with E-state index in [0.29, 0.717) is 0 Å². The van der Waals surface area contributed by atoms with Gasteiger partial charge < -0.3 is 4.48 Å². The number of pyridine rings is 1. The summed E-state index contributed by atoms with van der Waals surface area (Å²) in [6, 6.07) is 11.1. The SMILES string of the molecule is C[Si](C)(C)/C(=C(/c1c(F)c(F)c(F)c(F)c1F)[B@@-](Cl)(c1c(F)c(F)c(F)c(F)c1F)[n+]1ccccc1)c1ccccc1. The van der Waals surface area contributed by atoms with E-state index < -0.39 is 88.4 Å². The van der Waals surface area contributed by atoms with Crippen LogP contribution >= 0.6 is 11.5 Å². The Kier molecular flexibility index (Phi) is 8.40. The Morgan fingerprint density at radius 1 is 0.571 bits per heavy atom. The molecule has 0 aliphatic carbocycles. The predicted octanol–water partition coefficient (Wildman–Crippen LogP) is 7.83. The quantitative estimate of drug-likeness (QED) is 0.0670. The highest BCUT2D eigenvalue weighted by Crippen LogP contribution is 2.43. The maximum atomic E-state index is 15.7. The number of hydrogen-bond donors (Lipinski definition) is 0. The van der Waals surface area contributed by atoms with E-state index >= 15 is 17.6 Å². The number of benzene rings is 3. The average molecular weight is 634 g/mol. The smallest absolute Gasteiger partial charge is 0.405 e. The molecule has 0 unspecified atom stereocenters. The van der Waals surface area contributed by atoms with Crippen LogP contribution in [0.15, 0.2) is 60.9 Å². The molecule has 1 aromatic heterocycles. The molecule has 1 heterocycles. The van der Waals surface area contributed by atoms with Crippen molar-refractivity contribution in [1.29, 1.82) is 0 Å². The molecule has 42 heavy (non-hydrogen) atoms. The van der Waals surface area contributed by atoms with Crippen LogP contribution in [-0.4, -0.2) is 13.8 Å². The van der Waals surface area contributed by atoms with Crippen molar-refractivity contribution in [2.24, 2.45) is 0 Å². The van der Waals surface area contributed by atoms with E-state index in [4.69, 9.17) is 11.5 Å². The first-order valence-corrected chi connectivity index (χ1v) is 16.1. The van der Waals surface area contributed by atoms with Crippen LogP contribution < -0.4 is 9.94 Å². The summed E-state index contributed by atoms with van der Waals surface area (Å²) in [6.45, 7) is 4.72. The Hall–Kier alpha value is -3.58. The molecule has 0 amide bonds. The maximum absolute atomic E-state index is 15.7. The van der Waals surface area contributed by atoms with E-state index in [1.165, 1.54) is 42.5 Å². The number of rotatable bonds is 6. The molecule has 4 aromatic rings.